The minimum Gasteiger partial charge on any atom is -0.477 e. The van der Waals surface area contributed by atoms with Gasteiger partial charge in [0.2, 0.25) is 37.8 Å². The Morgan fingerprint density at radius 2 is 1.79 bits per heavy atom. The summed E-state index contributed by atoms with van der Waals surface area (Å²) in [7, 11) is -7.10. The van der Waals surface area contributed by atoms with E-state index in [9.17, 15) is 21.6 Å². The van der Waals surface area contributed by atoms with Gasteiger partial charge in [-0.3, -0.25) is 14.5 Å². The molecule has 1 amide bonds. The molecule has 0 radical (unpaired) electrons. The lowest BCUT2D eigenvalue weighted by Gasteiger charge is -2.39. The van der Waals surface area contributed by atoms with Crippen molar-refractivity contribution in [2.75, 3.05) is 35.5 Å². The van der Waals surface area contributed by atoms with E-state index in [4.69, 9.17) is 4.74 Å². The zero-order valence-corrected chi connectivity index (χ0v) is 24.9. The Morgan fingerprint density at radius 1 is 1.02 bits per heavy atom. The molecule has 4 heterocycles. The first kappa shape index (κ1) is 29.7. The molecule has 0 spiro atoms. The minimum absolute atomic E-state index is 0.0546. The van der Waals surface area contributed by atoms with Crippen molar-refractivity contribution in [1.29, 1.82) is 0 Å². The van der Waals surface area contributed by atoms with Gasteiger partial charge in [0.1, 0.15) is 5.82 Å². The fraction of sp³-hybridized carbons (Fsp3) is 0.462. The molecule has 14 nitrogen and oxygen atoms in total. The molecule has 0 aromatic carbocycles. The topological polar surface area (TPSA) is 186 Å². The summed E-state index contributed by atoms with van der Waals surface area (Å²) >= 11 is 0. The molecule has 16 heteroatoms. The lowest BCUT2D eigenvalue weighted by molar-refractivity contribution is -0.123. The number of nitrogens with one attached hydrogen (secondary N) is 2. The Morgan fingerprint density at radius 3 is 2.43 bits per heavy atom. The molecule has 1 aliphatic carbocycles. The van der Waals surface area contributed by atoms with Crippen molar-refractivity contribution in [3.63, 3.8) is 0 Å². The molecule has 42 heavy (non-hydrogen) atoms. The van der Waals surface area contributed by atoms with Gasteiger partial charge in [0.15, 0.2) is 0 Å². The molecule has 3 aromatic rings. The monoisotopic (exact) mass is 616 g/mol. The predicted molar refractivity (Wildman–Crippen MR) is 155 cm³/mol. The number of anilines is 2. The van der Waals surface area contributed by atoms with Crippen LogP contribution in [0.25, 0.3) is 11.3 Å². The molecule has 0 bridgehead atoms. The predicted octanol–water partition coefficient (Wildman–Crippen LogP) is 1.95. The zero-order valence-electron chi connectivity index (χ0n) is 23.2. The van der Waals surface area contributed by atoms with Gasteiger partial charge in [-0.15, -0.1) is 0 Å². The van der Waals surface area contributed by atoms with Crippen LogP contribution in [0.1, 0.15) is 45.2 Å². The molecular weight excluding hydrogens is 584 g/mol. The van der Waals surface area contributed by atoms with Crippen molar-refractivity contribution in [1.82, 2.24) is 29.2 Å². The van der Waals surface area contributed by atoms with E-state index in [1.165, 1.54) is 16.7 Å². The van der Waals surface area contributed by atoms with E-state index in [0.717, 1.165) is 0 Å². The highest BCUT2D eigenvalue weighted by Gasteiger charge is 2.46. The van der Waals surface area contributed by atoms with Crippen molar-refractivity contribution in [2.24, 2.45) is 0 Å². The van der Waals surface area contributed by atoms with E-state index < -0.39 is 36.6 Å². The molecule has 1 aliphatic heterocycles. The molecule has 1 saturated heterocycles. The van der Waals surface area contributed by atoms with E-state index in [1.54, 1.807) is 37.5 Å². The fourth-order valence-corrected chi connectivity index (χ4v) is 7.13. The molecule has 224 valence electrons. The van der Waals surface area contributed by atoms with Gasteiger partial charge in [-0.05, 0) is 57.7 Å². The molecule has 0 atom stereocenters. The second-order valence-corrected chi connectivity index (χ2v) is 14.3. The number of hydrogen-bond donors (Lipinski definition) is 2. The van der Waals surface area contributed by atoms with Crippen molar-refractivity contribution >= 4 is 37.7 Å². The van der Waals surface area contributed by atoms with E-state index in [1.807, 2.05) is 6.92 Å². The maximum atomic E-state index is 13.9. The van der Waals surface area contributed by atoms with Crippen LogP contribution in [0, 0.1) is 0 Å². The SMILES string of the molecule is CCOc1cncc(-c2ccc(NC(=O)C3(c4ccnc(NS(=O)(=O)C5CC5)n4)CCN(S(=O)(=O)CC)CC3)nc2)n1. The van der Waals surface area contributed by atoms with Gasteiger partial charge in [0.25, 0.3) is 0 Å². The first-order chi connectivity index (χ1) is 20.1. The normalized spacial score (nSPS) is 17.4. The standard InChI is InChI=1S/C26H32N8O6S2/c1-3-40-23-17-27-16-20(30-23)18-5-8-22(29-15-18)32-24(35)26(10-13-34(14-11-26)41(36,37)4-2)21-9-12-28-25(31-21)33-42(38,39)19-6-7-19/h5,8-9,12,15-17,19H,3-4,6-7,10-11,13-14H2,1-2H3,(H,28,31,33)(H,29,32,35). The molecule has 0 unspecified atom stereocenters. The van der Waals surface area contributed by atoms with Crippen molar-refractivity contribution in [3.05, 3.63) is 48.7 Å². The van der Waals surface area contributed by atoms with Crippen LogP contribution >= 0.6 is 0 Å². The molecule has 2 fully saturated rings. The number of rotatable bonds is 11. The number of ether oxygens (including phenoxy) is 1. The summed E-state index contributed by atoms with van der Waals surface area (Å²) in [6.45, 7) is 4.06. The van der Waals surface area contributed by atoms with E-state index >= 15 is 0 Å². The average molecular weight is 617 g/mol. The highest BCUT2D eigenvalue weighted by atomic mass is 32.2. The summed E-state index contributed by atoms with van der Waals surface area (Å²) < 4.78 is 59.3. The van der Waals surface area contributed by atoms with Gasteiger partial charge >= 0.3 is 0 Å². The van der Waals surface area contributed by atoms with E-state index in [0.29, 0.717) is 36.6 Å². The van der Waals surface area contributed by atoms with Crippen molar-refractivity contribution < 1.29 is 26.4 Å². The maximum absolute atomic E-state index is 13.9. The lowest BCUT2D eigenvalue weighted by atomic mass is 9.75. The smallest absolute Gasteiger partial charge is 0.237 e. The van der Waals surface area contributed by atoms with Crippen LogP contribution in [-0.4, -0.2) is 82.7 Å². The molecular formula is C26H32N8O6S2. The summed E-state index contributed by atoms with van der Waals surface area (Å²) in [5.41, 5.74) is 0.240. The van der Waals surface area contributed by atoms with Gasteiger partial charge in [-0.2, -0.15) is 0 Å². The Balaban J connectivity index is 1.41. The van der Waals surface area contributed by atoms with Crippen LogP contribution in [0.3, 0.4) is 0 Å². The summed E-state index contributed by atoms with van der Waals surface area (Å²) in [6, 6.07) is 4.92. The number of hydrogen-bond acceptors (Lipinski definition) is 11. The van der Waals surface area contributed by atoms with Gasteiger partial charge in [0, 0.05) is 31.0 Å². The van der Waals surface area contributed by atoms with Crippen molar-refractivity contribution in [3.8, 4) is 17.1 Å². The highest BCUT2D eigenvalue weighted by molar-refractivity contribution is 7.93. The van der Waals surface area contributed by atoms with Crippen LogP contribution < -0.4 is 14.8 Å². The fourth-order valence-electron chi connectivity index (χ4n) is 4.75. The average Bonchev–Trinajstić information content (AvgIpc) is 3.85. The number of piperidine rings is 1. The number of carbonyl (C=O) groups is 1. The van der Waals surface area contributed by atoms with Gasteiger partial charge < -0.3 is 10.1 Å². The first-order valence-electron chi connectivity index (χ1n) is 13.6. The second-order valence-electron chi connectivity index (χ2n) is 10.1. The van der Waals surface area contributed by atoms with Crippen molar-refractivity contribution in [2.45, 2.75) is 50.2 Å². The van der Waals surface area contributed by atoms with Crippen LogP contribution in [0.5, 0.6) is 5.88 Å². The number of sulfonamides is 2. The number of carbonyl (C=O) groups excluding carboxylic acids is 1. The molecule has 2 aliphatic rings. The molecule has 3 aromatic heterocycles. The molecule has 2 N–H and O–H groups in total. The lowest BCUT2D eigenvalue weighted by Crippen LogP contribution is -2.51. The third kappa shape index (κ3) is 6.34. The summed E-state index contributed by atoms with van der Waals surface area (Å²) in [4.78, 5) is 35.4. The number of pyridine rings is 1. The van der Waals surface area contributed by atoms with E-state index in [-0.39, 0.29) is 49.1 Å². The van der Waals surface area contributed by atoms with Gasteiger partial charge in [0.05, 0.1) is 46.8 Å². The number of nitrogens with zero attached hydrogens (tertiary/aromatic N) is 6. The second kappa shape index (κ2) is 11.9. The molecule has 5 rings (SSSR count). The van der Waals surface area contributed by atoms with E-state index in [2.05, 4.69) is 35.0 Å². The largest absolute Gasteiger partial charge is 0.477 e. The van der Waals surface area contributed by atoms with Crippen LogP contribution in [0.2, 0.25) is 0 Å². The Bertz CT molecular complexity index is 1660. The van der Waals surface area contributed by atoms with Gasteiger partial charge in [-0.1, -0.05) is 0 Å². The summed E-state index contributed by atoms with van der Waals surface area (Å²) in [6.07, 6.45) is 7.42. The maximum Gasteiger partial charge on any atom is 0.237 e. The zero-order chi connectivity index (χ0) is 30.0. The minimum atomic E-state index is -3.63. The third-order valence-corrected chi connectivity index (χ3v) is 11.0. The Labute approximate surface area is 244 Å². The van der Waals surface area contributed by atoms with Crippen LogP contribution in [0.15, 0.2) is 43.0 Å². The van der Waals surface area contributed by atoms with Crippen LogP contribution in [0.4, 0.5) is 11.8 Å². The summed E-state index contributed by atoms with van der Waals surface area (Å²) in [5, 5.41) is 2.37. The van der Waals surface area contributed by atoms with Crippen LogP contribution in [-0.2, 0) is 30.3 Å². The first-order valence-corrected chi connectivity index (χ1v) is 16.8. The van der Waals surface area contributed by atoms with Gasteiger partial charge in [-0.25, -0.2) is 41.1 Å². The highest BCUT2D eigenvalue weighted by Crippen LogP contribution is 2.37. The Hall–Kier alpha value is -3.76. The number of aromatic nitrogens is 5. The summed E-state index contributed by atoms with van der Waals surface area (Å²) in [5.74, 6) is 0.0249. The Kier molecular flexibility index (Phi) is 8.39. The quantitative estimate of drug-likeness (QED) is 0.321. The third-order valence-electron chi connectivity index (χ3n) is 7.32. The molecule has 1 saturated carbocycles. The number of amides is 1.